The van der Waals surface area contributed by atoms with Crippen LogP contribution in [-0.4, -0.2) is 40.4 Å². The zero-order valence-electron chi connectivity index (χ0n) is 16.5. The summed E-state index contributed by atoms with van der Waals surface area (Å²) in [6, 6.07) is 11.8. The topological polar surface area (TPSA) is 72.3 Å². The molecule has 1 amide bonds. The Morgan fingerprint density at radius 1 is 1.14 bits per heavy atom. The molecule has 0 aliphatic carbocycles. The van der Waals surface area contributed by atoms with Gasteiger partial charge >= 0.3 is 0 Å². The Hall–Kier alpha value is -2.87. The van der Waals surface area contributed by atoms with E-state index in [1.807, 2.05) is 60.3 Å². The SMILES string of the molecule is CCOc1ccc(CNC(=O)C2CCN(c3nnc(-n4cccc4)s3)CC2)cc1. The molecule has 1 saturated heterocycles. The Morgan fingerprint density at radius 2 is 1.83 bits per heavy atom. The molecular formula is C21H25N5O2S. The van der Waals surface area contributed by atoms with E-state index >= 15 is 0 Å². The molecule has 1 fully saturated rings. The van der Waals surface area contributed by atoms with Crippen LogP contribution >= 0.6 is 11.3 Å². The van der Waals surface area contributed by atoms with E-state index in [1.165, 1.54) is 0 Å². The highest BCUT2D eigenvalue weighted by molar-refractivity contribution is 7.17. The number of benzene rings is 1. The first-order valence-electron chi connectivity index (χ1n) is 9.94. The lowest BCUT2D eigenvalue weighted by atomic mass is 9.96. The molecule has 0 saturated carbocycles. The highest BCUT2D eigenvalue weighted by Gasteiger charge is 2.26. The van der Waals surface area contributed by atoms with Gasteiger partial charge in [0.1, 0.15) is 5.75 Å². The van der Waals surface area contributed by atoms with Crippen molar-refractivity contribution in [2.75, 3.05) is 24.6 Å². The van der Waals surface area contributed by atoms with Gasteiger partial charge in [-0.3, -0.25) is 9.36 Å². The fraction of sp³-hybridized carbons (Fsp3) is 0.381. The number of carbonyl (C=O) groups excluding carboxylic acids is 1. The normalized spacial score (nSPS) is 14.7. The summed E-state index contributed by atoms with van der Waals surface area (Å²) in [6.07, 6.45) is 5.58. The minimum absolute atomic E-state index is 0.0470. The summed E-state index contributed by atoms with van der Waals surface area (Å²) in [5.41, 5.74) is 1.07. The van der Waals surface area contributed by atoms with Gasteiger partial charge in [-0.05, 0) is 49.6 Å². The van der Waals surface area contributed by atoms with Crippen molar-refractivity contribution in [3.63, 3.8) is 0 Å². The maximum atomic E-state index is 12.6. The molecule has 1 aromatic carbocycles. The Labute approximate surface area is 174 Å². The van der Waals surface area contributed by atoms with Crippen LogP contribution in [0.25, 0.3) is 5.13 Å². The standard InChI is InChI=1S/C21H25N5O2S/c1-2-28-18-7-5-16(6-8-18)15-22-19(27)17-9-13-26(14-10-17)21-24-23-20(29-21)25-11-3-4-12-25/h3-8,11-12,17H,2,9-10,13-15H2,1H3,(H,22,27). The highest BCUT2D eigenvalue weighted by Crippen LogP contribution is 2.27. The van der Waals surface area contributed by atoms with E-state index in [1.54, 1.807) is 11.3 Å². The van der Waals surface area contributed by atoms with Crippen molar-refractivity contribution in [3.8, 4) is 10.9 Å². The van der Waals surface area contributed by atoms with Crippen LogP contribution in [0.2, 0.25) is 0 Å². The molecule has 4 rings (SSSR count). The summed E-state index contributed by atoms with van der Waals surface area (Å²) in [6.45, 7) is 4.80. The van der Waals surface area contributed by atoms with Gasteiger partial charge in [0, 0.05) is 37.9 Å². The number of hydrogen-bond acceptors (Lipinski definition) is 6. The lowest BCUT2D eigenvalue weighted by Gasteiger charge is -2.30. The van der Waals surface area contributed by atoms with Gasteiger partial charge in [0.25, 0.3) is 0 Å². The highest BCUT2D eigenvalue weighted by atomic mass is 32.1. The lowest BCUT2D eigenvalue weighted by molar-refractivity contribution is -0.125. The number of aromatic nitrogens is 3. The predicted molar refractivity (Wildman–Crippen MR) is 114 cm³/mol. The van der Waals surface area contributed by atoms with Crippen molar-refractivity contribution in [2.24, 2.45) is 5.92 Å². The third-order valence-corrected chi connectivity index (χ3v) is 6.06. The van der Waals surface area contributed by atoms with E-state index in [4.69, 9.17) is 4.74 Å². The average Bonchev–Trinajstić information content (AvgIpc) is 3.45. The summed E-state index contributed by atoms with van der Waals surface area (Å²) in [5, 5.41) is 13.4. The van der Waals surface area contributed by atoms with Gasteiger partial charge in [-0.15, -0.1) is 10.2 Å². The maximum Gasteiger partial charge on any atom is 0.223 e. The van der Waals surface area contributed by atoms with Crippen LogP contribution in [0.5, 0.6) is 5.75 Å². The number of ether oxygens (including phenoxy) is 1. The average molecular weight is 412 g/mol. The summed E-state index contributed by atoms with van der Waals surface area (Å²) in [7, 11) is 0. The van der Waals surface area contributed by atoms with Gasteiger partial charge in [0.05, 0.1) is 6.61 Å². The molecule has 8 heteroatoms. The summed E-state index contributed by atoms with van der Waals surface area (Å²) in [5.74, 6) is 1.03. The van der Waals surface area contributed by atoms with E-state index in [2.05, 4.69) is 20.4 Å². The largest absolute Gasteiger partial charge is 0.494 e. The summed E-state index contributed by atoms with van der Waals surface area (Å²) in [4.78, 5) is 14.8. The molecule has 0 atom stereocenters. The quantitative estimate of drug-likeness (QED) is 0.646. The molecule has 29 heavy (non-hydrogen) atoms. The molecule has 2 aromatic heterocycles. The zero-order chi connectivity index (χ0) is 20.1. The summed E-state index contributed by atoms with van der Waals surface area (Å²) < 4.78 is 7.41. The van der Waals surface area contributed by atoms with Crippen molar-refractivity contribution in [2.45, 2.75) is 26.3 Å². The van der Waals surface area contributed by atoms with Gasteiger partial charge in [-0.25, -0.2) is 0 Å². The van der Waals surface area contributed by atoms with E-state index in [0.29, 0.717) is 13.2 Å². The third-order valence-electron chi connectivity index (χ3n) is 5.07. The number of anilines is 1. The van der Waals surface area contributed by atoms with Crippen LogP contribution in [-0.2, 0) is 11.3 Å². The molecule has 152 valence electrons. The smallest absolute Gasteiger partial charge is 0.223 e. The molecular weight excluding hydrogens is 386 g/mol. The maximum absolute atomic E-state index is 12.6. The van der Waals surface area contributed by atoms with Gasteiger partial charge in [0.15, 0.2) is 0 Å². The van der Waals surface area contributed by atoms with E-state index < -0.39 is 0 Å². The van der Waals surface area contributed by atoms with Crippen LogP contribution < -0.4 is 15.0 Å². The van der Waals surface area contributed by atoms with Crippen LogP contribution in [0.3, 0.4) is 0 Å². The number of piperidine rings is 1. The third kappa shape index (κ3) is 4.76. The molecule has 1 N–H and O–H groups in total. The zero-order valence-corrected chi connectivity index (χ0v) is 17.3. The van der Waals surface area contributed by atoms with Crippen molar-refractivity contribution in [1.82, 2.24) is 20.1 Å². The first-order chi connectivity index (χ1) is 14.2. The van der Waals surface area contributed by atoms with Gasteiger partial charge < -0.3 is 15.0 Å². The Kier molecular flexibility index (Phi) is 6.09. The molecule has 3 aromatic rings. The fourth-order valence-corrected chi connectivity index (χ4v) is 4.30. The minimum atomic E-state index is 0.0470. The second-order valence-corrected chi connectivity index (χ2v) is 7.95. The van der Waals surface area contributed by atoms with Crippen LogP contribution in [0, 0.1) is 5.92 Å². The Bertz CT molecular complexity index is 915. The second kappa shape index (κ2) is 9.09. The minimum Gasteiger partial charge on any atom is -0.494 e. The molecule has 0 unspecified atom stereocenters. The van der Waals surface area contributed by atoms with E-state index in [9.17, 15) is 4.79 Å². The van der Waals surface area contributed by atoms with Gasteiger partial charge in [-0.2, -0.15) is 0 Å². The fourth-order valence-electron chi connectivity index (χ4n) is 3.44. The lowest BCUT2D eigenvalue weighted by Crippen LogP contribution is -2.40. The summed E-state index contributed by atoms with van der Waals surface area (Å²) >= 11 is 1.57. The molecule has 7 nitrogen and oxygen atoms in total. The number of carbonyl (C=O) groups is 1. The monoisotopic (exact) mass is 411 g/mol. The van der Waals surface area contributed by atoms with Gasteiger partial charge in [0.2, 0.25) is 16.2 Å². The van der Waals surface area contributed by atoms with Crippen molar-refractivity contribution in [1.29, 1.82) is 0 Å². The first-order valence-corrected chi connectivity index (χ1v) is 10.8. The number of hydrogen-bond donors (Lipinski definition) is 1. The van der Waals surface area contributed by atoms with Crippen molar-refractivity contribution < 1.29 is 9.53 Å². The van der Waals surface area contributed by atoms with E-state index in [0.717, 1.165) is 47.5 Å². The van der Waals surface area contributed by atoms with E-state index in [-0.39, 0.29) is 11.8 Å². The van der Waals surface area contributed by atoms with Crippen LogP contribution in [0.4, 0.5) is 5.13 Å². The molecule has 1 aliphatic heterocycles. The molecule has 0 radical (unpaired) electrons. The Balaban J connectivity index is 1.25. The van der Waals surface area contributed by atoms with Crippen molar-refractivity contribution >= 4 is 22.4 Å². The molecule has 0 bridgehead atoms. The second-order valence-electron chi connectivity index (χ2n) is 7.01. The molecule has 3 heterocycles. The van der Waals surface area contributed by atoms with Crippen LogP contribution in [0.1, 0.15) is 25.3 Å². The predicted octanol–water partition coefficient (Wildman–Crippen LogP) is 3.26. The van der Waals surface area contributed by atoms with Crippen LogP contribution in [0.15, 0.2) is 48.8 Å². The Morgan fingerprint density at radius 3 is 2.52 bits per heavy atom. The van der Waals surface area contributed by atoms with Gasteiger partial charge in [-0.1, -0.05) is 23.5 Å². The first kappa shape index (κ1) is 19.4. The number of rotatable bonds is 7. The van der Waals surface area contributed by atoms with Crippen molar-refractivity contribution in [3.05, 3.63) is 54.4 Å². The number of nitrogens with zero attached hydrogens (tertiary/aromatic N) is 4. The number of amides is 1. The molecule has 1 aliphatic rings. The molecule has 0 spiro atoms. The number of nitrogens with one attached hydrogen (secondary N) is 1.